The lowest BCUT2D eigenvalue weighted by Gasteiger charge is -2.33. The predicted molar refractivity (Wildman–Crippen MR) is 108 cm³/mol. The van der Waals surface area contributed by atoms with Crippen LogP contribution in [0.2, 0.25) is 0 Å². The van der Waals surface area contributed by atoms with Gasteiger partial charge in [0, 0.05) is 24.1 Å². The molecule has 2 rings (SSSR count). The van der Waals surface area contributed by atoms with Crippen LogP contribution in [0.4, 0.5) is 0 Å². The Hall–Kier alpha value is -1.35. The van der Waals surface area contributed by atoms with E-state index in [2.05, 4.69) is 25.7 Å². The zero-order valence-electron chi connectivity index (χ0n) is 17.2. The van der Waals surface area contributed by atoms with Gasteiger partial charge in [0.05, 0.1) is 5.56 Å². The van der Waals surface area contributed by atoms with Gasteiger partial charge in [0.25, 0.3) is 0 Å². The molecule has 1 aliphatic rings. The fourth-order valence-electron chi connectivity index (χ4n) is 3.02. The third-order valence-electron chi connectivity index (χ3n) is 5.67. The van der Waals surface area contributed by atoms with E-state index in [-0.39, 0.29) is 17.1 Å². The number of hydroxylamine groups is 3. The second-order valence-corrected chi connectivity index (χ2v) is 9.45. The number of hydrogen-bond donors (Lipinski definition) is 1. The minimum absolute atomic E-state index is 0.00602. The summed E-state index contributed by atoms with van der Waals surface area (Å²) in [5.41, 5.74) is -0.954. The van der Waals surface area contributed by atoms with Crippen molar-refractivity contribution in [1.82, 2.24) is 14.9 Å². The number of benzene rings is 1. The minimum atomic E-state index is -0.894. The van der Waals surface area contributed by atoms with E-state index < -0.39 is 11.1 Å². The number of rotatable bonds is 6. The number of halogens is 1. The molecule has 0 saturated heterocycles. The Morgan fingerprint density at radius 1 is 1.15 bits per heavy atom. The highest BCUT2D eigenvalue weighted by Gasteiger charge is 2.59. The molecule has 0 unspecified atom stereocenters. The maximum atomic E-state index is 13.1. The lowest BCUT2D eigenvalue weighted by molar-refractivity contribution is -0.539. The Labute approximate surface area is 170 Å². The first-order chi connectivity index (χ1) is 12.3. The number of likely N-dealkylation sites (N-methyl/N-ethyl adjacent to an activating group) is 2. The Kier molecular flexibility index (Phi) is 6.16. The zero-order chi connectivity index (χ0) is 20.7. The standard InChI is InChI=1S/C19H31BrN4O3/c1-18(2)19(3,4)24(27)17(23(18)26)15-11-14(20)10-13(16(15)25)12-22(7)9-8-21(5)6/h10-11,25-26H,8-9,12H2,1-7H3/p-1. The van der Waals surface area contributed by atoms with E-state index in [1.807, 2.05) is 21.1 Å². The summed E-state index contributed by atoms with van der Waals surface area (Å²) in [5.74, 6) is -0.244. The molecule has 0 spiro atoms. The Morgan fingerprint density at radius 2 is 1.74 bits per heavy atom. The Morgan fingerprint density at radius 3 is 2.22 bits per heavy atom. The van der Waals surface area contributed by atoms with Crippen molar-refractivity contribution in [3.8, 4) is 5.75 Å². The summed E-state index contributed by atoms with van der Waals surface area (Å²) >= 11 is 3.44. The minimum Gasteiger partial charge on any atom is -0.872 e. The van der Waals surface area contributed by atoms with Crippen molar-refractivity contribution in [2.24, 2.45) is 0 Å². The second kappa shape index (κ2) is 7.58. The van der Waals surface area contributed by atoms with Crippen LogP contribution in [0.5, 0.6) is 5.75 Å². The van der Waals surface area contributed by atoms with E-state index in [0.29, 0.717) is 16.6 Å². The van der Waals surface area contributed by atoms with E-state index in [1.165, 1.54) is 0 Å². The van der Waals surface area contributed by atoms with Gasteiger partial charge in [-0.05, 0) is 66.5 Å². The largest absolute Gasteiger partial charge is 0.872 e. The topological polar surface area (TPSA) is 79.1 Å². The van der Waals surface area contributed by atoms with Crippen LogP contribution in [0.1, 0.15) is 38.8 Å². The lowest BCUT2D eigenvalue weighted by atomic mass is 9.84. The van der Waals surface area contributed by atoms with Crippen molar-refractivity contribution in [2.75, 3.05) is 34.2 Å². The third-order valence-corrected chi connectivity index (χ3v) is 6.13. The first-order valence-electron chi connectivity index (χ1n) is 8.97. The van der Waals surface area contributed by atoms with E-state index >= 15 is 0 Å². The summed E-state index contributed by atoms with van der Waals surface area (Å²) in [5, 5.41) is 37.7. The summed E-state index contributed by atoms with van der Waals surface area (Å²) in [6.07, 6.45) is 0. The van der Waals surface area contributed by atoms with Gasteiger partial charge >= 0.3 is 5.84 Å². The summed E-state index contributed by atoms with van der Waals surface area (Å²) in [7, 11) is 5.96. The van der Waals surface area contributed by atoms with Crippen LogP contribution in [-0.4, -0.2) is 76.0 Å². The van der Waals surface area contributed by atoms with Crippen molar-refractivity contribution >= 4 is 21.8 Å². The van der Waals surface area contributed by atoms with Crippen LogP contribution in [0, 0.1) is 5.21 Å². The fraction of sp³-hybridized carbons (Fsp3) is 0.632. The lowest BCUT2D eigenvalue weighted by Crippen LogP contribution is -2.53. The van der Waals surface area contributed by atoms with Gasteiger partial charge in [0.2, 0.25) is 0 Å². The summed E-state index contributed by atoms with van der Waals surface area (Å²) in [6, 6.07) is 3.38. The quantitative estimate of drug-likeness (QED) is 0.537. The van der Waals surface area contributed by atoms with Crippen LogP contribution in [0.3, 0.4) is 0 Å². The molecule has 27 heavy (non-hydrogen) atoms. The molecule has 0 saturated carbocycles. The molecule has 1 aliphatic heterocycles. The average Bonchev–Trinajstić information content (AvgIpc) is 2.67. The monoisotopic (exact) mass is 441 g/mol. The first kappa shape index (κ1) is 21.9. The normalized spacial score (nSPS) is 18.9. The van der Waals surface area contributed by atoms with Crippen LogP contribution in [0.15, 0.2) is 16.6 Å². The maximum Gasteiger partial charge on any atom is 0.313 e. The predicted octanol–water partition coefficient (Wildman–Crippen LogP) is 2.03. The van der Waals surface area contributed by atoms with E-state index in [4.69, 9.17) is 0 Å². The average molecular weight is 442 g/mol. The zero-order valence-corrected chi connectivity index (χ0v) is 18.8. The summed E-state index contributed by atoms with van der Waals surface area (Å²) < 4.78 is 1.44. The molecule has 1 aromatic rings. The molecule has 0 atom stereocenters. The van der Waals surface area contributed by atoms with Crippen molar-refractivity contribution in [2.45, 2.75) is 45.3 Å². The van der Waals surface area contributed by atoms with Gasteiger partial charge in [0.15, 0.2) is 5.54 Å². The van der Waals surface area contributed by atoms with Gasteiger partial charge in [-0.2, -0.15) is 0 Å². The van der Waals surface area contributed by atoms with Gasteiger partial charge in [-0.1, -0.05) is 21.7 Å². The highest BCUT2D eigenvalue weighted by molar-refractivity contribution is 9.10. The number of hydrogen-bond acceptors (Lipinski definition) is 6. The van der Waals surface area contributed by atoms with Gasteiger partial charge in [-0.15, -0.1) is 5.06 Å². The third kappa shape index (κ3) is 3.94. The number of nitrogens with zero attached hydrogens (tertiary/aromatic N) is 4. The van der Waals surface area contributed by atoms with Crippen LogP contribution >= 0.6 is 15.9 Å². The summed E-state index contributed by atoms with van der Waals surface area (Å²) in [4.78, 5) is 4.14. The molecular formula is C19H30BrN4O3-. The van der Waals surface area contributed by atoms with E-state index in [1.54, 1.807) is 39.8 Å². The Balaban J connectivity index is 2.45. The molecule has 0 radical (unpaired) electrons. The molecule has 0 fully saturated rings. The molecule has 1 N–H and O–H groups in total. The molecule has 7 nitrogen and oxygen atoms in total. The van der Waals surface area contributed by atoms with Crippen LogP contribution < -0.4 is 5.11 Å². The van der Waals surface area contributed by atoms with E-state index in [9.17, 15) is 15.5 Å². The highest BCUT2D eigenvalue weighted by atomic mass is 79.9. The molecule has 0 aliphatic carbocycles. The second-order valence-electron chi connectivity index (χ2n) is 8.53. The van der Waals surface area contributed by atoms with Crippen LogP contribution in [0.25, 0.3) is 0 Å². The maximum absolute atomic E-state index is 13.1. The molecule has 0 aromatic heterocycles. The van der Waals surface area contributed by atoms with Gasteiger partial charge < -0.3 is 20.1 Å². The molecule has 152 valence electrons. The molecule has 1 heterocycles. The van der Waals surface area contributed by atoms with Crippen LogP contribution in [-0.2, 0) is 6.54 Å². The molecular weight excluding hydrogens is 412 g/mol. The van der Waals surface area contributed by atoms with Crippen molar-refractivity contribution < 1.29 is 15.1 Å². The molecule has 1 aromatic carbocycles. The van der Waals surface area contributed by atoms with Crippen molar-refractivity contribution in [3.05, 3.63) is 32.9 Å². The van der Waals surface area contributed by atoms with Gasteiger partial charge in [0.1, 0.15) is 5.54 Å². The Bertz CT molecular complexity index is 747. The van der Waals surface area contributed by atoms with Gasteiger partial charge in [-0.3, -0.25) is 4.74 Å². The molecule has 0 amide bonds. The molecule has 8 heteroatoms. The smallest absolute Gasteiger partial charge is 0.313 e. The first-order valence-corrected chi connectivity index (χ1v) is 9.76. The number of amidine groups is 1. The SMILES string of the molecule is CN(C)CCN(C)Cc1cc(Br)cc(C2=[N+]([O-])C(C)(C)C(C)(C)N2O)c1[O-]. The fourth-order valence-corrected chi connectivity index (χ4v) is 3.53. The highest BCUT2D eigenvalue weighted by Crippen LogP contribution is 2.39. The van der Waals surface area contributed by atoms with Gasteiger partial charge in [-0.25, -0.2) is 5.21 Å². The molecule has 0 bridgehead atoms. The summed E-state index contributed by atoms with van der Waals surface area (Å²) in [6.45, 7) is 9.23. The van der Waals surface area contributed by atoms with Crippen molar-refractivity contribution in [3.63, 3.8) is 0 Å². The van der Waals surface area contributed by atoms with Crippen molar-refractivity contribution in [1.29, 1.82) is 0 Å². The van der Waals surface area contributed by atoms with E-state index in [0.717, 1.165) is 22.9 Å².